The lowest BCUT2D eigenvalue weighted by atomic mass is 9.88. The van der Waals surface area contributed by atoms with E-state index in [9.17, 15) is 14.4 Å². The van der Waals surface area contributed by atoms with Crippen molar-refractivity contribution in [2.24, 2.45) is 5.92 Å². The number of fused-ring (bicyclic) bond motifs is 1. The van der Waals surface area contributed by atoms with Gasteiger partial charge in [0.25, 0.3) is 5.91 Å². The number of ether oxygens (including phenoxy) is 1. The van der Waals surface area contributed by atoms with E-state index < -0.39 is 5.97 Å². The predicted octanol–water partition coefficient (Wildman–Crippen LogP) is 7.07. The molecule has 0 radical (unpaired) electrons. The normalized spacial score (nSPS) is 15.4. The molecular weight excluding hydrogens is 528 g/mol. The fraction of sp³-hybridized carbons (Fsp3) is 0.321. The number of anilines is 2. The van der Waals surface area contributed by atoms with Gasteiger partial charge in [0.2, 0.25) is 5.91 Å². The number of esters is 1. The zero-order valence-corrected chi connectivity index (χ0v) is 23.3. The van der Waals surface area contributed by atoms with Gasteiger partial charge < -0.3 is 15.4 Å². The summed E-state index contributed by atoms with van der Waals surface area (Å²) in [6, 6.07) is 14.1. The molecule has 3 aromatic rings. The van der Waals surface area contributed by atoms with Gasteiger partial charge in [0, 0.05) is 26.0 Å². The number of thioether (sulfide) groups is 1. The number of methoxy groups -OCH3 is 1. The smallest absolute Gasteiger partial charge is 0.341 e. The number of nitrogens with one attached hydrogen (secondary N) is 2. The molecule has 9 heteroatoms. The highest BCUT2D eigenvalue weighted by Crippen LogP contribution is 2.40. The third-order valence-corrected chi connectivity index (χ3v) is 9.02. The summed E-state index contributed by atoms with van der Waals surface area (Å²) in [7, 11) is 1.37. The minimum Gasteiger partial charge on any atom is -0.465 e. The lowest BCUT2D eigenvalue weighted by Crippen LogP contribution is -2.25. The highest BCUT2D eigenvalue weighted by atomic mass is 35.5. The molecule has 2 atom stereocenters. The predicted molar refractivity (Wildman–Crippen MR) is 151 cm³/mol. The van der Waals surface area contributed by atoms with Gasteiger partial charge in [0.1, 0.15) is 5.00 Å². The summed E-state index contributed by atoms with van der Waals surface area (Å²) in [6.45, 7) is 4.15. The van der Waals surface area contributed by atoms with Gasteiger partial charge in [-0.3, -0.25) is 9.59 Å². The maximum Gasteiger partial charge on any atom is 0.341 e. The maximum absolute atomic E-state index is 13.3. The lowest BCUT2D eigenvalue weighted by molar-refractivity contribution is -0.115. The first kappa shape index (κ1) is 27.2. The number of halogens is 1. The molecule has 1 aliphatic carbocycles. The molecule has 2 N–H and O–H groups in total. The Morgan fingerprint density at radius 3 is 2.68 bits per heavy atom. The summed E-state index contributed by atoms with van der Waals surface area (Å²) in [6.07, 6.45) is 3.32. The fourth-order valence-electron chi connectivity index (χ4n) is 4.32. The first-order valence-corrected chi connectivity index (χ1v) is 14.2. The topological polar surface area (TPSA) is 84.5 Å². The molecule has 6 nitrogen and oxygen atoms in total. The van der Waals surface area contributed by atoms with Crippen LogP contribution in [0.2, 0.25) is 5.02 Å². The highest BCUT2D eigenvalue weighted by Gasteiger charge is 2.30. The molecule has 0 saturated heterocycles. The molecular formula is C28H29ClN2O4S2. The van der Waals surface area contributed by atoms with E-state index in [4.69, 9.17) is 16.3 Å². The lowest BCUT2D eigenvalue weighted by Gasteiger charge is -2.18. The number of thiophene rings is 1. The second-order valence-electron chi connectivity index (χ2n) is 9.04. The average molecular weight is 557 g/mol. The average Bonchev–Trinajstić information content (AvgIpc) is 3.23. The molecule has 0 fully saturated rings. The van der Waals surface area contributed by atoms with E-state index >= 15 is 0 Å². The van der Waals surface area contributed by atoms with Gasteiger partial charge in [-0.15, -0.1) is 23.1 Å². The Morgan fingerprint density at radius 2 is 1.95 bits per heavy atom. The van der Waals surface area contributed by atoms with Gasteiger partial charge in [-0.25, -0.2) is 4.79 Å². The summed E-state index contributed by atoms with van der Waals surface area (Å²) in [5.74, 6) is -0.296. The van der Waals surface area contributed by atoms with E-state index in [1.165, 1.54) is 30.2 Å². The Hall–Kier alpha value is -2.81. The molecule has 1 heterocycles. The monoisotopic (exact) mass is 556 g/mol. The Bertz CT molecular complexity index is 1320. The first-order chi connectivity index (χ1) is 17.8. The summed E-state index contributed by atoms with van der Waals surface area (Å²) in [5, 5.41) is 6.57. The number of hydrogen-bond donors (Lipinski definition) is 2. The maximum atomic E-state index is 13.3. The van der Waals surface area contributed by atoms with E-state index in [1.807, 2.05) is 25.1 Å². The number of rotatable bonds is 8. The molecule has 0 aliphatic heterocycles. The van der Waals surface area contributed by atoms with Crippen molar-refractivity contribution < 1.29 is 19.1 Å². The zero-order valence-electron chi connectivity index (χ0n) is 20.9. The molecule has 1 aliphatic rings. The quantitative estimate of drug-likeness (QED) is 0.229. The van der Waals surface area contributed by atoms with Crippen LogP contribution in [0.25, 0.3) is 0 Å². The van der Waals surface area contributed by atoms with Gasteiger partial charge >= 0.3 is 5.97 Å². The van der Waals surface area contributed by atoms with Gasteiger partial charge in [0.15, 0.2) is 0 Å². The second kappa shape index (κ2) is 12.2. The number of carbonyl (C=O) groups excluding carboxylic acids is 3. The van der Waals surface area contributed by atoms with Crippen molar-refractivity contribution in [1.29, 1.82) is 0 Å². The highest BCUT2D eigenvalue weighted by molar-refractivity contribution is 8.00. The molecule has 0 saturated carbocycles. The summed E-state index contributed by atoms with van der Waals surface area (Å²) >= 11 is 8.90. The van der Waals surface area contributed by atoms with Crippen molar-refractivity contribution in [3.05, 3.63) is 75.1 Å². The molecule has 0 bridgehead atoms. The number of carbonyl (C=O) groups is 3. The molecule has 2 aromatic carbocycles. The minimum atomic E-state index is -0.411. The Labute approximate surface area is 230 Å². The van der Waals surface area contributed by atoms with Crippen LogP contribution < -0.4 is 10.6 Å². The van der Waals surface area contributed by atoms with Crippen LogP contribution in [0.3, 0.4) is 0 Å². The largest absolute Gasteiger partial charge is 0.465 e. The van der Waals surface area contributed by atoms with Gasteiger partial charge in [-0.1, -0.05) is 37.6 Å². The van der Waals surface area contributed by atoms with Crippen molar-refractivity contribution >= 4 is 63.2 Å². The van der Waals surface area contributed by atoms with Crippen LogP contribution in [0.1, 0.15) is 57.8 Å². The zero-order chi connectivity index (χ0) is 26.5. The minimum absolute atomic E-state index is 0.169. The van der Waals surface area contributed by atoms with Crippen LogP contribution in [0.5, 0.6) is 0 Å². The molecule has 4 rings (SSSR count). The SMILES string of the molecule is CCC(Sc1cccc(NC(=O)c2cccc(Cl)c2)c1)C(=O)Nc1sc2c(c1C(=O)OC)CCC(C)C2. The second-order valence-corrected chi connectivity index (χ2v) is 11.9. The Balaban J connectivity index is 1.48. The van der Waals surface area contributed by atoms with Crippen LogP contribution in [0, 0.1) is 5.92 Å². The molecule has 0 spiro atoms. The third kappa shape index (κ3) is 6.55. The van der Waals surface area contributed by atoms with Crippen LogP contribution in [0.15, 0.2) is 53.4 Å². The van der Waals surface area contributed by atoms with Crippen molar-refractivity contribution in [2.45, 2.75) is 49.7 Å². The summed E-state index contributed by atoms with van der Waals surface area (Å²) in [4.78, 5) is 40.5. The van der Waals surface area contributed by atoms with Crippen molar-refractivity contribution in [1.82, 2.24) is 0 Å². The van der Waals surface area contributed by atoms with Crippen molar-refractivity contribution in [3.63, 3.8) is 0 Å². The van der Waals surface area contributed by atoms with Crippen LogP contribution in [-0.4, -0.2) is 30.1 Å². The molecule has 37 heavy (non-hydrogen) atoms. The van der Waals surface area contributed by atoms with Crippen LogP contribution in [0.4, 0.5) is 10.7 Å². The molecule has 2 amide bonds. The molecule has 1 aromatic heterocycles. The third-order valence-electron chi connectivity index (χ3n) is 6.26. The van der Waals surface area contributed by atoms with Gasteiger partial charge in [0.05, 0.1) is 17.9 Å². The standard InChI is InChI=1S/C28H29ClN2O4S2/c1-4-22(26(33)31-27-24(28(34)35-3)21-12-11-16(2)13-23(21)37-27)36-20-10-6-9-19(15-20)30-25(32)17-7-5-8-18(29)14-17/h5-10,14-16,22H,4,11-13H2,1-3H3,(H,30,32)(H,31,33). The van der Waals surface area contributed by atoms with E-state index in [-0.39, 0.29) is 17.1 Å². The number of benzene rings is 2. The fourth-order valence-corrected chi connectivity index (χ4v) is 6.92. The summed E-state index contributed by atoms with van der Waals surface area (Å²) in [5.41, 5.74) is 2.59. The van der Waals surface area contributed by atoms with Gasteiger partial charge in [-0.05, 0) is 73.6 Å². The van der Waals surface area contributed by atoms with E-state index in [2.05, 4.69) is 17.6 Å². The van der Waals surface area contributed by atoms with Crippen molar-refractivity contribution in [3.8, 4) is 0 Å². The molecule has 194 valence electrons. The van der Waals surface area contributed by atoms with E-state index in [0.29, 0.717) is 39.2 Å². The first-order valence-electron chi connectivity index (χ1n) is 12.2. The van der Waals surface area contributed by atoms with E-state index in [0.717, 1.165) is 34.6 Å². The Kier molecular flexibility index (Phi) is 8.95. The van der Waals surface area contributed by atoms with Crippen LogP contribution in [-0.2, 0) is 22.4 Å². The summed E-state index contributed by atoms with van der Waals surface area (Å²) < 4.78 is 5.04. The van der Waals surface area contributed by atoms with Crippen LogP contribution >= 0.6 is 34.7 Å². The van der Waals surface area contributed by atoms with Crippen molar-refractivity contribution in [2.75, 3.05) is 17.7 Å². The molecule has 2 unspecified atom stereocenters. The Morgan fingerprint density at radius 1 is 1.16 bits per heavy atom. The van der Waals surface area contributed by atoms with Gasteiger partial charge in [-0.2, -0.15) is 0 Å². The van der Waals surface area contributed by atoms with E-state index in [1.54, 1.807) is 30.3 Å². The number of hydrogen-bond acceptors (Lipinski definition) is 6. The number of amides is 2.